The number of methoxy groups -OCH3 is 2. The smallest absolute Gasteiger partial charge is 0.307 e. The summed E-state index contributed by atoms with van der Waals surface area (Å²) in [4.78, 5) is 16.4. The van der Waals surface area contributed by atoms with Crippen LogP contribution in [0.1, 0.15) is 41.1 Å². The van der Waals surface area contributed by atoms with Crippen LogP contribution in [0, 0.1) is 5.92 Å². The Morgan fingerprint density at radius 3 is 2.52 bits per heavy atom. The molecule has 0 bridgehead atoms. The van der Waals surface area contributed by atoms with Gasteiger partial charge in [0.05, 0.1) is 31.7 Å². The number of carboxylic acid groups (broad SMARTS) is 1. The molecule has 27 heavy (non-hydrogen) atoms. The van der Waals surface area contributed by atoms with E-state index in [1.165, 1.54) is 9.75 Å². The minimum atomic E-state index is -0.717. The molecule has 5 nitrogen and oxygen atoms in total. The molecule has 0 aliphatic carbocycles. The van der Waals surface area contributed by atoms with Crippen LogP contribution in [-0.2, 0) is 11.2 Å². The zero-order valence-corrected chi connectivity index (χ0v) is 16.9. The van der Waals surface area contributed by atoms with Gasteiger partial charge in [-0.25, -0.2) is 0 Å². The number of aryl methyl sites for hydroxylation is 1. The van der Waals surface area contributed by atoms with Crippen molar-refractivity contribution in [3.8, 4) is 11.5 Å². The third-order valence-electron chi connectivity index (χ3n) is 5.21. The minimum Gasteiger partial charge on any atom is -0.496 e. The summed E-state index contributed by atoms with van der Waals surface area (Å²) in [5.41, 5.74) is 0.970. The largest absolute Gasteiger partial charge is 0.496 e. The van der Waals surface area contributed by atoms with Gasteiger partial charge >= 0.3 is 5.97 Å². The molecule has 1 aliphatic rings. The summed E-state index contributed by atoms with van der Waals surface area (Å²) in [6.45, 7) is 3.53. The van der Waals surface area contributed by atoms with Crippen LogP contribution in [0.5, 0.6) is 11.5 Å². The van der Waals surface area contributed by atoms with Crippen LogP contribution in [0.3, 0.4) is 0 Å². The van der Waals surface area contributed by atoms with Crippen molar-refractivity contribution in [3.05, 3.63) is 45.6 Å². The number of thiophene rings is 1. The average molecular weight is 390 g/mol. The fourth-order valence-corrected chi connectivity index (χ4v) is 4.93. The van der Waals surface area contributed by atoms with Gasteiger partial charge in [0, 0.05) is 16.3 Å². The summed E-state index contributed by atoms with van der Waals surface area (Å²) in [6.07, 6.45) is 2.58. The first-order chi connectivity index (χ1) is 13.1. The van der Waals surface area contributed by atoms with Gasteiger partial charge in [-0.1, -0.05) is 13.0 Å². The predicted octanol–water partition coefficient (Wildman–Crippen LogP) is 4.21. The van der Waals surface area contributed by atoms with E-state index in [4.69, 9.17) is 9.47 Å². The Hall–Kier alpha value is -2.05. The second kappa shape index (κ2) is 8.76. The number of hydrogen-bond acceptors (Lipinski definition) is 5. The summed E-state index contributed by atoms with van der Waals surface area (Å²) >= 11 is 1.78. The number of benzene rings is 1. The Kier molecular flexibility index (Phi) is 6.39. The number of nitrogens with zero attached hydrogens (tertiary/aromatic N) is 1. The first kappa shape index (κ1) is 19.7. The fraction of sp³-hybridized carbons (Fsp3) is 0.476. The highest BCUT2D eigenvalue weighted by Crippen LogP contribution is 2.44. The van der Waals surface area contributed by atoms with Gasteiger partial charge < -0.3 is 14.6 Å². The Balaban J connectivity index is 2.10. The summed E-state index contributed by atoms with van der Waals surface area (Å²) < 4.78 is 11.3. The molecule has 1 aliphatic heterocycles. The maximum Gasteiger partial charge on any atom is 0.307 e. The predicted molar refractivity (Wildman–Crippen MR) is 107 cm³/mol. The van der Waals surface area contributed by atoms with Gasteiger partial charge in [-0.15, -0.1) is 11.3 Å². The van der Waals surface area contributed by atoms with E-state index < -0.39 is 5.97 Å². The molecule has 146 valence electrons. The molecule has 2 aromatic rings. The Labute approximate surface area is 164 Å². The number of carboxylic acids is 1. The second-order valence-corrected chi connectivity index (χ2v) is 8.01. The summed E-state index contributed by atoms with van der Waals surface area (Å²) in [5.74, 6) is 0.477. The van der Waals surface area contributed by atoms with Gasteiger partial charge in [-0.05, 0) is 50.1 Å². The molecule has 1 aromatic heterocycles. The highest BCUT2D eigenvalue weighted by molar-refractivity contribution is 7.12. The zero-order chi connectivity index (χ0) is 19.4. The number of hydrogen-bond donors (Lipinski definition) is 1. The lowest BCUT2D eigenvalue weighted by Crippen LogP contribution is -2.41. The summed E-state index contributed by atoms with van der Waals surface area (Å²) in [6, 6.07) is 10.0. The van der Waals surface area contributed by atoms with Crippen LogP contribution in [0.15, 0.2) is 30.3 Å². The molecule has 0 amide bonds. The van der Waals surface area contributed by atoms with Crippen LogP contribution >= 0.6 is 11.3 Å². The van der Waals surface area contributed by atoms with Gasteiger partial charge in [-0.3, -0.25) is 9.69 Å². The van der Waals surface area contributed by atoms with Crippen molar-refractivity contribution >= 4 is 17.3 Å². The number of ether oxygens (including phenoxy) is 2. The van der Waals surface area contributed by atoms with E-state index in [0.717, 1.165) is 42.9 Å². The Morgan fingerprint density at radius 1 is 1.26 bits per heavy atom. The first-order valence-electron chi connectivity index (χ1n) is 9.35. The molecule has 3 rings (SSSR count). The van der Waals surface area contributed by atoms with Gasteiger partial charge in [-0.2, -0.15) is 0 Å². The van der Waals surface area contributed by atoms with E-state index >= 15 is 0 Å². The standard InChI is InChI=1S/C21H27NO4S/c1-4-15-10-11-18(27-15)20(22-12-6-7-14(13-22)21(23)24)19-16(25-2)8-5-9-17(19)26-3/h5,8-11,14,20H,4,6-7,12-13H2,1-3H3,(H,23,24). The summed E-state index contributed by atoms with van der Waals surface area (Å²) in [5, 5.41) is 9.55. The van der Waals surface area contributed by atoms with Crippen molar-refractivity contribution < 1.29 is 19.4 Å². The highest BCUT2D eigenvalue weighted by atomic mass is 32.1. The maximum atomic E-state index is 11.6. The molecule has 1 fully saturated rings. The Morgan fingerprint density at radius 2 is 1.96 bits per heavy atom. The third-order valence-corrected chi connectivity index (χ3v) is 6.49. The van der Waals surface area contributed by atoms with Crippen LogP contribution in [0.2, 0.25) is 0 Å². The molecule has 2 unspecified atom stereocenters. The molecule has 1 aromatic carbocycles. The van der Waals surface area contributed by atoms with Gasteiger partial charge in [0.25, 0.3) is 0 Å². The van der Waals surface area contributed by atoms with E-state index in [9.17, 15) is 9.90 Å². The van der Waals surface area contributed by atoms with Crippen molar-refractivity contribution in [2.45, 2.75) is 32.2 Å². The van der Waals surface area contributed by atoms with Crippen LogP contribution in [0.25, 0.3) is 0 Å². The van der Waals surface area contributed by atoms with Crippen LogP contribution in [-0.4, -0.2) is 43.3 Å². The van der Waals surface area contributed by atoms with Gasteiger partial charge in [0.2, 0.25) is 0 Å². The van der Waals surface area contributed by atoms with Crippen molar-refractivity contribution in [1.29, 1.82) is 0 Å². The first-order valence-corrected chi connectivity index (χ1v) is 10.2. The quantitative estimate of drug-likeness (QED) is 0.769. The molecule has 1 saturated heterocycles. The molecule has 2 atom stereocenters. The lowest BCUT2D eigenvalue weighted by Gasteiger charge is -2.37. The molecular weight excluding hydrogens is 362 g/mol. The summed E-state index contributed by atoms with van der Waals surface area (Å²) in [7, 11) is 3.33. The number of carbonyl (C=O) groups is 1. The van der Waals surface area contributed by atoms with E-state index in [-0.39, 0.29) is 12.0 Å². The Bertz CT molecular complexity index is 766. The molecular formula is C21H27NO4S. The normalized spacial score (nSPS) is 18.9. The maximum absolute atomic E-state index is 11.6. The van der Waals surface area contributed by atoms with Gasteiger partial charge in [0.1, 0.15) is 11.5 Å². The zero-order valence-electron chi connectivity index (χ0n) is 16.1. The van der Waals surface area contributed by atoms with Crippen LogP contribution < -0.4 is 9.47 Å². The second-order valence-electron chi connectivity index (χ2n) is 6.81. The third kappa shape index (κ3) is 4.12. The number of rotatable bonds is 7. The lowest BCUT2D eigenvalue weighted by atomic mass is 9.93. The van der Waals surface area contributed by atoms with Crippen molar-refractivity contribution in [2.75, 3.05) is 27.3 Å². The van der Waals surface area contributed by atoms with Crippen molar-refractivity contribution in [2.24, 2.45) is 5.92 Å². The molecule has 1 N–H and O–H groups in total. The average Bonchev–Trinajstić information content (AvgIpc) is 3.17. The molecule has 0 spiro atoms. The molecule has 6 heteroatoms. The van der Waals surface area contributed by atoms with Crippen molar-refractivity contribution in [1.82, 2.24) is 4.90 Å². The molecule has 2 heterocycles. The minimum absolute atomic E-state index is 0.0800. The topological polar surface area (TPSA) is 59.0 Å². The van der Waals surface area contributed by atoms with Crippen LogP contribution in [0.4, 0.5) is 0 Å². The lowest BCUT2D eigenvalue weighted by molar-refractivity contribution is -0.143. The monoisotopic (exact) mass is 389 g/mol. The van der Waals surface area contributed by atoms with Gasteiger partial charge in [0.15, 0.2) is 0 Å². The highest BCUT2D eigenvalue weighted by Gasteiger charge is 2.35. The van der Waals surface area contributed by atoms with E-state index in [1.54, 1.807) is 25.6 Å². The molecule has 0 saturated carbocycles. The van der Waals surface area contributed by atoms with E-state index in [2.05, 4.69) is 24.0 Å². The molecule has 0 radical (unpaired) electrons. The fourth-order valence-electron chi connectivity index (χ4n) is 3.83. The van der Waals surface area contributed by atoms with Crippen molar-refractivity contribution in [3.63, 3.8) is 0 Å². The van der Waals surface area contributed by atoms with E-state index in [1.807, 2.05) is 18.2 Å². The number of aliphatic carboxylic acids is 1. The van der Waals surface area contributed by atoms with E-state index in [0.29, 0.717) is 6.54 Å². The number of likely N-dealkylation sites (tertiary alicyclic amines) is 1. The SMILES string of the molecule is CCc1ccc(C(c2c(OC)cccc2OC)N2CCCC(C(=O)O)C2)s1. The number of piperidine rings is 1.